The number of aromatic nitrogens is 1. The molecule has 1 aromatic heterocycles. The lowest BCUT2D eigenvalue weighted by atomic mass is 10.1. The van der Waals surface area contributed by atoms with E-state index in [1.54, 1.807) is 24.3 Å². The third-order valence-corrected chi connectivity index (χ3v) is 2.73. The Balaban J connectivity index is 2.25. The summed E-state index contributed by atoms with van der Waals surface area (Å²) >= 11 is 5.83. The minimum Gasteiger partial charge on any atom is -0.456 e. The van der Waals surface area contributed by atoms with E-state index in [1.807, 2.05) is 6.92 Å². The molecular formula is C14H14ClN3O2. The minimum atomic E-state index is -0.236. The van der Waals surface area contributed by atoms with Crippen LogP contribution in [-0.4, -0.2) is 17.4 Å². The molecule has 0 saturated carbocycles. The van der Waals surface area contributed by atoms with E-state index in [2.05, 4.69) is 10.3 Å². The number of pyridine rings is 1. The first-order valence-corrected chi connectivity index (χ1v) is 6.44. The number of hydrogen-bond donors (Lipinski definition) is 2. The summed E-state index contributed by atoms with van der Waals surface area (Å²) in [5.41, 5.74) is 6.56. The van der Waals surface area contributed by atoms with Crippen LogP contribution in [0, 0.1) is 0 Å². The van der Waals surface area contributed by atoms with Crippen molar-refractivity contribution in [2.45, 2.75) is 6.92 Å². The molecule has 0 aliphatic heterocycles. The summed E-state index contributed by atoms with van der Waals surface area (Å²) in [7, 11) is 0. The van der Waals surface area contributed by atoms with Crippen LogP contribution in [0.25, 0.3) is 0 Å². The number of nitrogens with one attached hydrogen (secondary N) is 1. The maximum Gasteiger partial charge on any atom is 0.253 e. The molecule has 6 heteroatoms. The molecule has 3 N–H and O–H groups in total. The zero-order chi connectivity index (χ0) is 14.5. The van der Waals surface area contributed by atoms with Crippen LogP contribution in [0.3, 0.4) is 0 Å². The smallest absolute Gasteiger partial charge is 0.253 e. The van der Waals surface area contributed by atoms with Crippen LogP contribution in [-0.2, 0) is 0 Å². The molecule has 0 aliphatic carbocycles. The van der Waals surface area contributed by atoms with Crippen molar-refractivity contribution in [3.05, 3.63) is 47.2 Å². The van der Waals surface area contributed by atoms with Gasteiger partial charge in [0, 0.05) is 24.5 Å². The van der Waals surface area contributed by atoms with E-state index >= 15 is 0 Å². The molecule has 20 heavy (non-hydrogen) atoms. The molecule has 0 aliphatic rings. The highest BCUT2D eigenvalue weighted by Crippen LogP contribution is 2.26. The quantitative estimate of drug-likeness (QED) is 0.849. The highest BCUT2D eigenvalue weighted by molar-refractivity contribution is 6.30. The van der Waals surface area contributed by atoms with E-state index in [4.69, 9.17) is 22.1 Å². The third kappa shape index (κ3) is 3.39. The molecule has 104 valence electrons. The summed E-state index contributed by atoms with van der Waals surface area (Å²) in [6.45, 7) is 2.37. The molecule has 0 atom stereocenters. The summed E-state index contributed by atoms with van der Waals surface area (Å²) in [6, 6.07) is 6.52. The maximum absolute atomic E-state index is 11.8. The van der Waals surface area contributed by atoms with Crippen molar-refractivity contribution in [1.82, 2.24) is 10.3 Å². The van der Waals surface area contributed by atoms with Gasteiger partial charge in [-0.3, -0.25) is 9.78 Å². The molecule has 0 fully saturated rings. The molecule has 0 saturated heterocycles. The van der Waals surface area contributed by atoms with Crippen LogP contribution in [0.2, 0.25) is 5.02 Å². The first kappa shape index (κ1) is 14.1. The Kier molecular flexibility index (Phi) is 4.42. The highest BCUT2D eigenvalue weighted by Gasteiger charge is 2.10. The SMILES string of the molecule is CCNC(=O)c1cc(Oc2cncc(Cl)c2)ccc1N. The predicted octanol–water partition coefficient (Wildman–Crippen LogP) is 2.86. The Morgan fingerprint density at radius 1 is 1.35 bits per heavy atom. The maximum atomic E-state index is 11.8. The number of anilines is 1. The molecule has 2 rings (SSSR count). The summed E-state index contributed by atoms with van der Waals surface area (Å²) in [5.74, 6) is 0.744. The molecule has 0 radical (unpaired) electrons. The molecule has 0 bridgehead atoms. The van der Waals surface area contributed by atoms with E-state index in [0.717, 1.165) is 0 Å². The minimum absolute atomic E-state index is 0.236. The first-order valence-electron chi connectivity index (χ1n) is 6.06. The number of nitrogen functional groups attached to an aromatic ring is 1. The fourth-order valence-corrected chi connectivity index (χ4v) is 1.80. The lowest BCUT2D eigenvalue weighted by Crippen LogP contribution is -2.23. The van der Waals surface area contributed by atoms with E-state index in [0.29, 0.717) is 34.3 Å². The highest BCUT2D eigenvalue weighted by atomic mass is 35.5. The van der Waals surface area contributed by atoms with Gasteiger partial charge in [0.15, 0.2) is 0 Å². The van der Waals surface area contributed by atoms with E-state index in [-0.39, 0.29) is 5.91 Å². The van der Waals surface area contributed by atoms with Gasteiger partial charge in [0.05, 0.1) is 16.8 Å². The van der Waals surface area contributed by atoms with Crippen molar-refractivity contribution in [3.63, 3.8) is 0 Å². The Morgan fingerprint density at radius 3 is 2.85 bits per heavy atom. The van der Waals surface area contributed by atoms with E-state index in [1.165, 1.54) is 12.4 Å². The van der Waals surface area contributed by atoms with Gasteiger partial charge in [0.25, 0.3) is 5.91 Å². The Bertz CT molecular complexity index is 632. The Hall–Kier alpha value is -2.27. The Labute approximate surface area is 121 Å². The third-order valence-electron chi connectivity index (χ3n) is 2.52. The van der Waals surface area contributed by atoms with Gasteiger partial charge in [-0.2, -0.15) is 0 Å². The van der Waals surface area contributed by atoms with Crippen molar-refractivity contribution < 1.29 is 9.53 Å². The average molecular weight is 292 g/mol. The topological polar surface area (TPSA) is 77.2 Å². The van der Waals surface area contributed by atoms with Crippen LogP contribution < -0.4 is 15.8 Å². The second-order valence-corrected chi connectivity index (χ2v) is 4.49. The number of rotatable bonds is 4. The van der Waals surface area contributed by atoms with Crippen LogP contribution in [0.5, 0.6) is 11.5 Å². The van der Waals surface area contributed by atoms with Gasteiger partial charge in [-0.1, -0.05) is 11.6 Å². The predicted molar refractivity (Wildman–Crippen MR) is 78.2 cm³/mol. The number of benzene rings is 1. The van der Waals surface area contributed by atoms with Crippen molar-refractivity contribution in [2.75, 3.05) is 12.3 Å². The summed E-state index contributed by atoms with van der Waals surface area (Å²) < 4.78 is 5.60. The number of nitrogens with zero attached hydrogens (tertiary/aromatic N) is 1. The lowest BCUT2D eigenvalue weighted by molar-refractivity contribution is 0.0956. The van der Waals surface area contributed by atoms with Gasteiger partial charge in [0.1, 0.15) is 11.5 Å². The largest absolute Gasteiger partial charge is 0.456 e. The van der Waals surface area contributed by atoms with Gasteiger partial charge in [-0.15, -0.1) is 0 Å². The molecule has 1 heterocycles. The van der Waals surface area contributed by atoms with Gasteiger partial charge in [0.2, 0.25) is 0 Å². The van der Waals surface area contributed by atoms with Gasteiger partial charge in [-0.05, 0) is 25.1 Å². The number of ether oxygens (including phenoxy) is 1. The summed E-state index contributed by atoms with van der Waals surface area (Å²) in [5, 5.41) is 3.17. The number of nitrogens with two attached hydrogens (primary N) is 1. The summed E-state index contributed by atoms with van der Waals surface area (Å²) in [6.07, 6.45) is 3.05. The summed E-state index contributed by atoms with van der Waals surface area (Å²) in [4.78, 5) is 15.8. The number of carbonyl (C=O) groups is 1. The monoisotopic (exact) mass is 291 g/mol. The molecular weight excluding hydrogens is 278 g/mol. The second kappa shape index (κ2) is 6.25. The van der Waals surface area contributed by atoms with Crippen LogP contribution in [0.1, 0.15) is 17.3 Å². The van der Waals surface area contributed by atoms with Crippen molar-refractivity contribution in [2.24, 2.45) is 0 Å². The first-order chi connectivity index (χ1) is 9.60. The zero-order valence-corrected chi connectivity index (χ0v) is 11.6. The zero-order valence-electron chi connectivity index (χ0n) is 10.9. The molecule has 1 amide bonds. The lowest BCUT2D eigenvalue weighted by Gasteiger charge is -2.10. The van der Waals surface area contributed by atoms with Gasteiger partial charge in [-0.25, -0.2) is 0 Å². The Morgan fingerprint density at radius 2 is 2.15 bits per heavy atom. The van der Waals surface area contributed by atoms with Crippen LogP contribution in [0.15, 0.2) is 36.7 Å². The number of carbonyl (C=O) groups excluding carboxylic acids is 1. The average Bonchev–Trinajstić information content (AvgIpc) is 2.41. The van der Waals surface area contributed by atoms with Crippen molar-refractivity contribution in [3.8, 4) is 11.5 Å². The van der Waals surface area contributed by atoms with E-state index in [9.17, 15) is 4.79 Å². The van der Waals surface area contributed by atoms with Crippen LogP contribution >= 0.6 is 11.6 Å². The molecule has 1 aromatic carbocycles. The van der Waals surface area contributed by atoms with Gasteiger partial charge < -0.3 is 15.8 Å². The standard InChI is InChI=1S/C14H14ClN3O2/c1-2-18-14(19)12-6-10(3-4-13(12)16)20-11-5-9(15)7-17-8-11/h3-8H,2,16H2,1H3,(H,18,19). The number of halogens is 1. The number of hydrogen-bond acceptors (Lipinski definition) is 4. The molecule has 0 spiro atoms. The normalized spacial score (nSPS) is 10.1. The van der Waals surface area contributed by atoms with E-state index < -0.39 is 0 Å². The molecule has 5 nitrogen and oxygen atoms in total. The van der Waals surface area contributed by atoms with Crippen molar-refractivity contribution >= 4 is 23.2 Å². The number of amides is 1. The van der Waals surface area contributed by atoms with Gasteiger partial charge >= 0.3 is 0 Å². The van der Waals surface area contributed by atoms with Crippen molar-refractivity contribution in [1.29, 1.82) is 0 Å². The molecule has 0 unspecified atom stereocenters. The fourth-order valence-electron chi connectivity index (χ4n) is 1.64. The van der Waals surface area contributed by atoms with Crippen LogP contribution in [0.4, 0.5) is 5.69 Å². The molecule has 2 aromatic rings. The fraction of sp³-hybridized carbons (Fsp3) is 0.143. The second-order valence-electron chi connectivity index (χ2n) is 4.05.